The topological polar surface area (TPSA) is 74.0 Å². The Morgan fingerprint density at radius 2 is 1.82 bits per heavy atom. The molecule has 22 heavy (non-hydrogen) atoms. The summed E-state index contributed by atoms with van der Waals surface area (Å²) in [7, 11) is 3.05. The quantitative estimate of drug-likeness (QED) is 0.686. The van der Waals surface area contributed by atoms with Crippen LogP contribution in [0.15, 0.2) is 24.3 Å². The second kappa shape index (κ2) is 10.1. The van der Waals surface area contributed by atoms with Gasteiger partial charge in [0.2, 0.25) is 5.91 Å². The average molecular weight is 314 g/mol. The van der Waals surface area contributed by atoms with Crippen LogP contribution in [0, 0.1) is 5.82 Å². The van der Waals surface area contributed by atoms with Crippen LogP contribution in [0.25, 0.3) is 0 Å². The highest BCUT2D eigenvalue weighted by Crippen LogP contribution is 2.11. The van der Waals surface area contributed by atoms with Gasteiger partial charge in [0.05, 0.1) is 19.8 Å². The average Bonchev–Trinajstić information content (AvgIpc) is 2.52. The molecule has 0 saturated heterocycles. The molecule has 6 nitrogen and oxygen atoms in total. The van der Waals surface area contributed by atoms with E-state index in [1.54, 1.807) is 12.0 Å². The van der Waals surface area contributed by atoms with E-state index < -0.39 is 6.04 Å². The Bertz CT molecular complexity index is 442. The van der Waals surface area contributed by atoms with E-state index in [0.717, 1.165) is 0 Å². The maximum absolute atomic E-state index is 12.8. The molecule has 0 fully saturated rings. The lowest BCUT2D eigenvalue weighted by molar-refractivity contribution is -0.134. The number of nitrogens with two attached hydrogens (primary N) is 1. The predicted molar refractivity (Wildman–Crippen MR) is 80.2 cm³/mol. The fraction of sp³-hybridized carbons (Fsp3) is 0.533. The third-order valence-corrected chi connectivity index (χ3v) is 2.98. The first-order valence-corrected chi connectivity index (χ1v) is 6.99. The van der Waals surface area contributed by atoms with Gasteiger partial charge in [-0.1, -0.05) is 0 Å². The molecule has 0 radical (unpaired) electrons. The number of carbonyl (C=O) groups excluding carboxylic acids is 1. The number of amides is 1. The lowest BCUT2D eigenvalue weighted by Crippen LogP contribution is -2.48. The van der Waals surface area contributed by atoms with Gasteiger partial charge in [-0.25, -0.2) is 4.39 Å². The number of rotatable bonds is 10. The second-order valence-electron chi connectivity index (χ2n) is 4.68. The van der Waals surface area contributed by atoms with Crippen molar-refractivity contribution >= 4 is 5.91 Å². The van der Waals surface area contributed by atoms with Crippen LogP contribution in [0.5, 0.6) is 5.75 Å². The third kappa shape index (κ3) is 6.38. The zero-order chi connectivity index (χ0) is 16.4. The number of nitrogens with zero attached hydrogens (tertiary/aromatic N) is 1. The van der Waals surface area contributed by atoms with Crippen molar-refractivity contribution in [3.63, 3.8) is 0 Å². The third-order valence-electron chi connectivity index (χ3n) is 2.98. The first kappa shape index (κ1) is 18.3. The zero-order valence-corrected chi connectivity index (χ0v) is 13.0. The minimum Gasteiger partial charge on any atom is -0.492 e. The van der Waals surface area contributed by atoms with Crippen LogP contribution in [-0.4, -0.2) is 64.0 Å². The molecule has 1 unspecified atom stereocenters. The summed E-state index contributed by atoms with van der Waals surface area (Å²) in [6, 6.07) is 4.99. The van der Waals surface area contributed by atoms with Gasteiger partial charge in [0.25, 0.3) is 0 Å². The molecule has 0 bridgehead atoms. The molecule has 124 valence electrons. The SMILES string of the molecule is COCCN(CCOc1ccc(F)cc1)C(=O)C(N)COC. The number of benzene rings is 1. The number of ether oxygens (including phenoxy) is 3. The first-order valence-electron chi connectivity index (χ1n) is 6.99. The van der Waals surface area contributed by atoms with Crippen molar-refractivity contribution in [3.8, 4) is 5.75 Å². The van der Waals surface area contributed by atoms with E-state index in [-0.39, 0.29) is 24.9 Å². The Balaban J connectivity index is 2.49. The molecule has 0 aliphatic heterocycles. The molecule has 2 N–H and O–H groups in total. The van der Waals surface area contributed by atoms with Crippen LogP contribution in [0.1, 0.15) is 0 Å². The van der Waals surface area contributed by atoms with Gasteiger partial charge in [-0.2, -0.15) is 0 Å². The van der Waals surface area contributed by atoms with Crippen LogP contribution >= 0.6 is 0 Å². The number of hydrogen-bond donors (Lipinski definition) is 1. The lowest BCUT2D eigenvalue weighted by Gasteiger charge is -2.25. The molecular formula is C15H23FN2O4. The number of methoxy groups -OCH3 is 2. The van der Waals surface area contributed by atoms with Gasteiger partial charge in [-0.05, 0) is 24.3 Å². The molecule has 1 aromatic rings. The Labute approximate surface area is 129 Å². The Hall–Kier alpha value is -1.70. The molecule has 0 heterocycles. The van der Waals surface area contributed by atoms with Gasteiger partial charge in [0.1, 0.15) is 24.2 Å². The monoisotopic (exact) mass is 314 g/mol. The molecule has 1 rings (SSSR count). The molecular weight excluding hydrogens is 291 g/mol. The Kier molecular flexibility index (Phi) is 8.42. The highest BCUT2D eigenvalue weighted by molar-refractivity contribution is 5.81. The minimum atomic E-state index is -0.715. The summed E-state index contributed by atoms with van der Waals surface area (Å²) in [4.78, 5) is 13.8. The van der Waals surface area contributed by atoms with Crippen LogP contribution < -0.4 is 10.5 Å². The van der Waals surface area contributed by atoms with Gasteiger partial charge in [0, 0.05) is 20.8 Å². The summed E-state index contributed by atoms with van der Waals surface area (Å²) in [5.41, 5.74) is 5.76. The second-order valence-corrected chi connectivity index (χ2v) is 4.68. The minimum absolute atomic E-state index is 0.154. The van der Waals surface area contributed by atoms with E-state index in [1.165, 1.54) is 31.4 Å². The summed E-state index contributed by atoms with van der Waals surface area (Å²) < 4.78 is 28.2. The van der Waals surface area contributed by atoms with Gasteiger partial charge in [-0.15, -0.1) is 0 Å². The van der Waals surface area contributed by atoms with Gasteiger partial charge in [0.15, 0.2) is 0 Å². The summed E-state index contributed by atoms with van der Waals surface area (Å²) in [6.45, 7) is 1.61. The van der Waals surface area contributed by atoms with E-state index in [2.05, 4.69) is 0 Å². The van der Waals surface area contributed by atoms with E-state index in [9.17, 15) is 9.18 Å². The van der Waals surface area contributed by atoms with Gasteiger partial charge >= 0.3 is 0 Å². The van der Waals surface area contributed by atoms with E-state index in [1.807, 2.05) is 0 Å². The molecule has 0 aromatic heterocycles. The van der Waals surface area contributed by atoms with Crippen molar-refractivity contribution in [2.24, 2.45) is 5.73 Å². The standard InChI is InChI=1S/C15H23FN2O4/c1-20-9-7-18(15(19)14(17)11-21-2)8-10-22-13-5-3-12(16)4-6-13/h3-6,14H,7-11,17H2,1-2H3. The Morgan fingerprint density at radius 1 is 1.18 bits per heavy atom. The van der Waals surface area contributed by atoms with Crippen molar-refractivity contribution in [1.82, 2.24) is 4.90 Å². The fourth-order valence-electron chi connectivity index (χ4n) is 1.82. The lowest BCUT2D eigenvalue weighted by atomic mass is 10.2. The fourth-order valence-corrected chi connectivity index (χ4v) is 1.82. The summed E-state index contributed by atoms with van der Waals surface area (Å²) in [5.74, 6) is -0.00174. The first-order chi connectivity index (χ1) is 10.6. The smallest absolute Gasteiger partial charge is 0.242 e. The maximum Gasteiger partial charge on any atom is 0.242 e. The van der Waals surface area contributed by atoms with Crippen molar-refractivity contribution in [1.29, 1.82) is 0 Å². The van der Waals surface area contributed by atoms with Gasteiger partial charge in [-0.3, -0.25) is 4.79 Å². The van der Waals surface area contributed by atoms with Crippen molar-refractivity contribution < 1.29 is 23.4 Å². The normalized spacial score (nSPS) is 12.0. The van der Waals surface area contributed by atoms with Crippen LogP contribution in [0.2, 0.25) is 0 Å². The number of hydrogen-bond acceptors (Lipinski definition) is 5. The summed E-state index contributed by atoms with van der Waals surface area (Å²) in [5, 5.41) is 0. The molecule has 1 aromatic carbocycles. The largest absolute Gasteiger partial charge is 0.492 e. The summed E-state index contributed by atoms with van der Waals surface area (Å²) in [6.07, 6.45) is 0. The molecule has 0 aliphatic carbocycles. The highest BCUT2D eigenvalue weighted by Gasteiger charge is 2.20. The van der Waals surface area contributed by atoms with Crippen molar-refractivity contribution in [3.05, 3.63) is 30.1 Å². The van der Waals surface area contributed by atoms with E-state index in [0.29, 0.717) is 25.4 Å². The molecule has 0 spiro atoms. The van der Waals surface area contributed by atoms with Crippen molar-refractivity contribution in [2.45, 2.75) is 6.04 Å². The zero-order valence-electron chi connectivity index (χ0n) is 13.0. The summed E-state index contributed by atoms with van der Waals surface area (Å²) >= 11 is 0. The van der Waals surface area contributed by atoms with E-state index in [4.69, 9.17) is 19.9 Å². The van der Waals surface area contributed by atoms with Crippen LogP contribution in [-0.2, 0) is 14.3 Å². The van der Waals surface area contributed by atoms with Gasteiger partial charge < -0.3 is 24.8 Å². The number of carbonyl (C=O) groups is 1. The van der Waals surface area contributed by atoms with E-state index >= 15 is 0 Å². The number of halogens is 1. The van der Waals surface area contributed by atoms with Crippen molar-refractivity contribution in [2.75, 3.05) is 47.1 Å². The van der Waals surface area contributed by atoms with Crippen LogP contribution in [0.3, 0.4) is 0 Å². The highest BCUT2D eigenvalue weighted by atomic mass is 19.1. The molecule has 0 saturated carbocycles. The molecule has 7 heteroatoms. The Morgan fingerprint density at radius 3 is 2.41 bits per heavy atom. The predicted octanol–water partition coefficient (Wildman–Crippen LogP) is 0.653. The molecule has 1 atom stereocenters. The molecule has 0 aliphatic rings. The molecule has 1 amide bonds. The maximum atomic E-state index is 12.8. The van der Waals surface area contributed by atoms with Crippen LogP contribution in [0.4, 0.5) is 4.39 Å².